The van der Waals surface area contributed by atoms with Gasteiger partial charge in [-0.1, -0.05) is 5.11 Å². The Kier molecular flexibility index (Phi) is 4.12. The van der Waals surface area contributed by atoms with Crippen LogP contribution in [0.1, 0.15) is 0 Å². The number of ether oxygens (including phenoxy) is 3. The van der Waals surface area contributed by atoms with Gasteiger partial charge in [0.05, 0.1) is 18.8 Å². The van der Waals surface area contributed by atoms with Crippen molar-refractivity contribution in [2.24, 2.45) is 5.11 Å². The van der Waals surface area contributed by atoms with Crippen LogP contribution in [-0.2, 0) is 14.2 Å². The third-order valence-electron chi connectivity index (χ3n) is 2.12. The molecule has 0 amide bonds. The third kappa shape index (κ3) is 2.14. The molecule has 0 aromatic carbocycles. The van der Waals surface area contributed by atoms with E-state index in [1.165, 1.54) is 14.2 Å². The van der Waals surface area contributed by atoms with Gasteiger partial charge >= 0.3 is 0 Å². The molecule has 1 heterocycles. The van der Waals surface area contributed by atoms with Crippen LogP contribution in [0.15, 0.2) is 5.11 Å². The standard InChI is InChI=1S/C7H13N3O4/c1-12-7(13-2)6-5(11)4(3-14-6)9-10-8/h4-7,11H,3H2,1-2H3/t4?,5-,6-/m1/s1. The fraction of sp³-hybridized carbons (Fsp3) is 1.00. The van der Waals surface area contributed by atoms with Gasteiger partial charge in [0.1, 0.15) is 6.10 Å². The van der Waals surface area contributed by atoms with E-state index in [-0.39, 0.29) is 6.61 Å². The summed E-state index contributed by atoms with van der Waals surface area (Å²) in [4.78, 5) is 2.62. The molecule has 0 bridgehead atoms. The van der Waals surface area contributed by atoms with Crippen LogP contribution in [0.3, 0.4) is 0 Å². The number of hydrogen-bond acceptors (Lipinski definition) is 5. The van der Waals surface area contributed by atoms with Crippen molar-refractivity contribution in [1.82, 2.24) is 0 Å². The molecule has 1 unspecified atom stereocenters. The van der Waals surface area contributed by atoms with E-state index in [4.69, 9.17) is 19.7 Å². The molecule has 1 aliphatic rings. The van der Waals surface area contributed by atoms with Crippen molar-refractivity contribution in [2.45, 2.75) is 24.5 Å². The fourth-order valence-electron chi connectivity index (χ4n) is 1.40. The smallest absolute Gasteiger partial charge is 0.185 e. The molecule has 0 saturated carbocycles. The molecule has 14 heavy (non-hydrogen) atoms. The Bertz CT molecular complexity index is 227. The van der Waals surface area contributed by atoms with Crippen LogP contribution < -0.4 is 0 Å². The minimum absolute atomic E-state index is 0.180. The first-order valence-electron chi connectivity index (χ1n) is 4.14. The lowest BCUT2D eigenvalue weighted by Crippen LogP contribution is -2.40. The van der Waals surface area contributed by atoms with E-state index in [1.807, 2.05) is 0 Å². The van der Waals surface area contributed by atoms with E-state index < -0.39 is 24.5 Å². The first-order chi connectivity index (χ1) is 6.74. The number of azide groups is 1. The van der Waals surface area contributed by atoms with E-state index in [0.717, 1.165) is 0 Å². The SMILES string of the molecule is COC(OC)[C@@H]1OCC(N=[N+]=[N-])[C@H]1O. The van der Waals surface area contributed by atoms with Crippen molar-refractivity contribution < 1.29 is 19.3 Å². The first-order valence-corrected chi connectivity index (χ1v) is 4.14. The Hall–Kier alpha value is -0.850. The number of aliphatic hydroxyl groups is 1. The molecule has 1 rings (SSSR count). The van der Waals surface area contributed by atoms with Gasteiger partial charge in [0.25, 0.3) is 0 Å². The van der Waals surface area contributed by atoms with Crippen molar-refractivity contribution >= 4 is 0 Å². The average molecular weight is 203 g/mol. The second kappa shape index (κ2) is 5.14. The Labute approximate surface area is 81.2 Å². The minimum Gasteiger partial charge on any atom is -0.390 e. The van der Waals surface area contributed by atoms with Crippen LogP contribution in [0, 0.1) is 0 Å². The highest BCUT2D eigenvalue weighted by Gasteiger charge is 2.40. The molecule has 3 atom stereocenters. The van der Waals surface area contributed by atoms with Gasteiger partial charge < -0.3 is 19.3 Å². The Morgan fingerprint density at radius 2 is 2.21 bits per heavy atom. The maximum atomic E-state index is 9.66. The molecule has 1 fully saturated rings. The zero-order valence-corrected chi connectivity index (χ0v) is 8.03. The number of methoxy groups -OCH3 is 2. The second-order valence-corrected chi connectivity index (χ2v) is 2.90. The fourth-order valence-corrected chi connectivity index (χ4v) is 1.40. The van der Waals surface area contributed by atoms with E-state index in [2.05, 4.69) is 10.0 Å². The predicted molar refractivity (Wildman–Crippen MR) is 46.5 cm³/mol. The van der Waals surface area contributed by atoms with Crippen molar-refractivity contribution in [2.75, 3.05) is 20.8 Å². The van der Waals surface area contributed by atoms with E-state index >= 15 is 0 Å². The quantitative estimate of drug-likeness (QED) is 0.302. The molecule has 0 aromatic rings. The molecule has 0 aliphatic carbocycles. The maximum Gasteiger partial charge on any atom is 0.185 e. The lowest BCUT2D eigenvalue weighted by molar-refractivity contribution is -0.184. The van der Waals surface area contributed by atoms with Crippen LogP contribution in [-0.4, -0.2) is 50.5 Å². The normalized spacial score (nSPS) is 31.9. The van der Waals surface area contributed by atoms with E-state index in [1.54, 1.807) is 0 Å². The summed E-state index contributed by atoms with van der Waals surface area (Å²) in [6.07, 6.45) is -2.15. The first kappa shape index (κ1) is 11.2. The summed E-state index contributed by atoms with van der Waals surface area (Å²) < 4.78 is 15.1. The van der Waals surface area contributed by atoms with Gasteiger partial charge in [0.2, 0.25) is 0 Å². The molecule has 0 spiro atoms. The van der Waals surface area contributed by atoms with Gasteiger partial charge in [0.15, 0.2) is 6.29 Å². The van der Waals surface area contributed by atoms with Crippen LogP contribution >= 0.6 is 0 Å². The zero-order chi connectivity index (χ0) is 10.6. The Morgan fingerprint density at radius 3 is 2.71 bits per heavy atom. The van der Waals surface area contributed by atoms with Gasteiger partial charge in [-0.2, -0.15) is 0 Å². The van der Waals surface area contributed by atoms with Crippen LogP contribution in [0.2, 0.25) is 0 Å². The zero-order valence-electron chi connectivity index (χ0n) is 8.03. The van der Waals surface area contributed by atoms with Crippen LogP contribution in [0.5, 0.6) is 0 Å². The lowest BCUT2D eigenvalue weighted by Gasteiger charge is -2.22. The molecule has 1 aliphatic heterocycles. The number of rotatable bonds is 4. The highest BCUT2D eigenvalue weighted by atomic mass is 16.7. The summed E-state index contributed by atoms with van der Waals surface area (Å²) in [5.41, 5.74) is 8.21. The van der Waals surface area contributed by atoms with Crippen LogP contribution in [0.4, 0.5) is 0 Å². The second-order valence-electron chi connectivity index (χ2n) is 2.90. The predicted octanol–water partition coefficient (Wildman–Crippen LogP) is 0.0439. The highest BCUT2D eigenvalue weighted by Crippen LogP contribution is 2.21. The summed E-state index contributed by atoms with van der Waals surface area (Å²) in [5.74, 6) is 0. The van der Waals surface area contributed by atoms with Gasteiger partial charge in [-0.25, -0.2) is 0 Å². The topological polar surface area (TPSA) is 96.7 Å². The van der Waals surface area contributed by atoms with Crippen molar-refractivity contribution in [3.05, 3.63) is 10.4 Å². The Morgan fingerprint density at radius 1 is 1.57 bits per heavy atom. The number of nitrogens with zero attached hydrogens (tertiary/aromatic N) is 3. The Balaban J connectivity index is 2.62. The van der Waals surface area contributed by atoms with E-state index in [9.17, 15) is 5.11 Å². The van der Waals surface area contributed by atoms with E-state index in [0.29, 0.717) is 0 Å². The third-order valence-corrected chi connectivity index (χ3v) is 2.12. The summed E-state index contributed by atoms with van der Waals surface area (Å²) in [6, 6.07) is -0.571. The monoisotopic (exact) mass is 203 g/mol. The molecule has 80 valence electrons. The minimum atomic E-state index is -0.893. The maximum absolute atomic E-state index is 9.66. The molecule has 1 saturated heterocycles. The van der Waals surface area contributed by atoms with Crippen LogP contribution in [0.25, 0.3) is 10.4 Å². The van der Waals surface area contributed by atoms with Crippen molar-refractivity contribution in [3.8, 4) is 0 Å². The summed E-state index contributed by atoms with van der Waals surface area (Å²) in [5, 5.41) is 13.1. The van der Waals surface area contributed by atoms with Crippen molar-refractivity contribution in [3.63, 3.8) is 0 Å². The number of aliphatic hydroxyl groups excluding tert-OH is 1. The summed E-state index contributed by atoms with van der Waals surface area (Å²) in [6.45, 7) is 0.180. The average Bonchev–Trinajstić information content (AvgIpc) is 2.53. The molecule has 7 nitrogen and oxygen atoms in total. The highest BCUT2D eigenvalue weighted by molar-refractivity contribution is 4.90. The largest absolute Gasteiger partial charge is 0.390 e. The molecular formula is C7H13N3O4. The molecule has 1 N–H and O–H groups in total. The van der Waals surface area contributed by atoms with Gasteiger partial charge in [-0.15, -0.1) is 0 Å². The summed E-state index contributed by atoms with van der Waals surface area (Å²) in [7, 11) is 2.90. The lowest BCUT2D eigenvalue weighted by atomic mass is 10.1. The molecular weight excluding hydrogens is 190 g/mol. The molecule has 7 heteroatoms. The number of hydrogen-bond donors (Lipinski definition) is 1. The van der Waals surface area contributed by atoms with Gasteiger partial charge in [-0.05, 0) is 5.53 Å². The molecule has 0 radical (unpaired) electrons. The van der Waals surface area contributed by atoms with Crippen molar-refractivity contribution in [1.29, 1.82) is 0 Å². The summed E-state index contributed by atoms with van der Waals surface area (Å²) >= 11 is 0. The van der Waals surface area contributed by atoms with Gasteiger partial charge in [-0.3, -0.25) is 0 Å². The molecule has 0 aromatic heterocycles. The van der Waals surface area contributed by atoms with Gasteiger partial charge in [0, 0.05) is 19.1 Å².